The van der Waals surface area contributed by atoms with Crippen molar-refractivity contribution in [1.82, 2.24) is 9.88 Å². The Morgan fingerprint density at radius 3 is 2.62 bits per heavy atom. The van der Waals surface area contributed by atoms with Gasteiger partial charge in [0.25, 0.3) is 0 Å². The van der Waals surface area contributed by atoms with Crippen molar-refractivity contribution in [2.45, 2.75) is 57.9 Å². The molecule has 0 unspecified atom stereocenters. The molecule has 1 saturated heterocycles. The second-order valence-corrected chi connectivity index (χ2v) is 7.38. The number of nitrogens with zero attached hydrogens (tertiary/aromatic N) is 3. The van der Waals surface area contributed by atoms with Crippen molar-refractivity contribution in [3.63, 3.8) is 0 Å². The van der Waals surface area contributed by atoms with Gasteiger partial charge in [-0.15, -0.1) is 0 Å². The van der Waals surface area contributed by atoms with E-state index >= 15 is 0 Å². The molecule has 1 aromatic heterocycles. The van der Waals surface area contributed by atoms with E-state index in [9.17, 15) is 4.79 Å². The van der Waals surface area contributed by atoms with Crippen molar-refractivity contribution >= 4 is 17.5 Å². The van der Waals surface area contributed by atoms with Crippen LogP contribution in [-0.2, 0) is 0 Å². The molecule has 1 N–H and O–H groups in total. The SMILES string of the molecule is CC1CCC(N(C)C(=O)Nc2cccnc2N2CCCCC2)CC1. The highest BCUT2D eigenvalue weighted by Crippen LogP contribution is 2.28. The molecule has 1 aliphatic heterocycles. The van der Waals surface area contributed by atoms with Crippen molar-refractivity contribution in [1.29, 1.82) is 0 Å². The van der Waals surface area contributed by atoms with Crippen LogP contribution in [0.3, 0.4) is 0 Å². The van der Waals surface area contributed by atoms with Gasteiger partial charge < -0.3 is 15.1 Å². The van der Waals surface area contributed by atoms with Gasteiger partial charge in [-0.2, -0.15) is 0 Å². The minimum absolute atomic E-state index is 0.0131. The molecule has 0 radical (unpaired) electrons. The second kappa shape index (κ2) is 7.86. The Kier molecular flexibility index (Phi) is 5.59. The second-order valence-electron chi connectivity index (χ2n) is 7.38. The van der Waals surface area contributed by atoms with E-state index in [1.807, 2.05) is 30.3 Å². The molecule has 2 aliphatic rings. The number of hydrogen-bond acceptors (Lipinski definition) is 3. The summed E-state index contributed by atoms with van der Waals surface area (Å²) >= 11 is 0. The number of piperidine rings is 1. The van der Waals surface area contributed by atoms with Gasteiger partial charge in [0.2, 0.25) is 0 Å². The maximum Gasteiger partial charge on any atom is 0.321 e. The molecule has 132 valence electrons. The lowest BCUT2D eigenvalue weighted by Gasteiger charge is -2.34. The number of anilines is 2. The predicted molar refractivity (Wildman–Crippen MR) is 98.5 cm³/mol. The van der Waals surface area contributed by atoms with Gasteiger partial charge in [-0.25, -0.2) is 9.78 Å². The minimum Gasteiger partial charge on any atom is -0.355 e. The molecular formula is C19H30N4O. The zero-order valence-corrected chi connectivity index (χ0v) is 15.0. The number of carbonyl (C=O) groups is 1. The van der Waals surface area contributed by atoms with Crippen molar-refractivity contribution in [2.75, 3.05) is 30.4 Å². The molecule has 0 spiro atoms. The van der Waals surface area contributed by atoms with Gasteiger partial charge in [0, 0.05) is 32.4 Å². The van der Waals surface area contributed by atoms with Gasteiger partial charge in [-0.05, 0) is 63.0 Å². The standard InChI is InChI=1S/C19H30N4O/c1-15-8-10-16(11-9-15)22(2)19(24)21-17-7-6-12-20-18(17)23-13-4-3-5-14-23/h6-7,12,15-16H,3-5,8-11,13-14H2,1-2H3,(H,21,24). The quantitative estimate of drug-likeness (QED) is 0.907. The van der Waals surface area contributed by atoms with Gasteiger partial charge in [0.1, 0.15) is 0 Å². The van der Waals surface area contributed by atoms with Gasteiger partial charge in [0.15, 0.2) is 5.82 Å². The first-order chi connectivity index (χ1) is 11.6. The average Bonchev–Trinajstić information content (AvgIpc) is 2.63. The summed E-state index contributed by atoms with van der Waals surface area (Å²) in [4.78, 5) is 21.4. The smallest absolute Gasteiger partial charge is 0.321 e. The molecule has 1 aromatic rings. The first kappa shape index (κ1) is 17.1. The monoisotopic (exact) mass is 330 g/mol. The maximum atomic E-state index is 12.7. The molecule has 2 amide bonds. The molecule has 0 bridgehead atoms. The lowest BCUT2D eigenvalue weighted by molar-refractivity contribution is 0.175. The van der Waals surface area contributed by atoms with Crippen LogP contribution in [0.15, 0.2) is 18.3 Å². The predicted octanol–water partition coefficient (Wildman–Crippen LogP) is 4.11. The van der Waals surface area contributed by atoms with Crippen LogP contribution in [0.5, 0.6) is 0 Å². The fraction of sp³-hybridized carbons (Fsp3) is 0.684. The summed E-state index contributed by atoms with van der Waals surface area (Å²) in [6.07, 6.45) is 10.1. The zero-order chi connectivity index (χ0) is 16.9. The number of urea groups is 1. The number of carbonyl (C=O) groups excluding carboxylic acids is 1. The fourth-order valence-corrected chi connectivity index (χ4v) is 3.85. The lowest BCUT2D eigenvalue weighted by Crippen LogP contribution is -2.42. The molecule has 1 saturated carbocycles. The number of pyridine rings is 1. The maximum absolute atomic E-state index is 12.7. The Hall–Kier alpha value is -1.78. The fourth-order valence-electron chi connectivity index (χ4n) is 3.85. The summed E-state index contributed by atoms with van der Waals surface area (Å²) in [6, 6.07) is 4.20. The van der Waals surface area contributed by atoms with Crippen LogP contribution in [0.1, 0.15) is 51.9 Å². The van der Waals surface area contributed by atoms with Gasteiger partial charge in [-0.3, -0.25) is 0 Å². The van der Waals surface area contributed by atoms with E-state index in [1.54, 1.807) is 0 Å². The first-order valence-electron chi connectivity index (χ1n) is 9.39. The number of rotatable bonds is 3. The summed E-state index contributed by atoms with van der Waals surface area (Å²) in [5.41, 5.74) is 0.834. The van der Waals surface area contributed by atoms with Crippen LogP contribution in [0.25, 0.3) is 0 Å². The van der Waals surface area contributed by atoms with E-state index in [-0.39, 0.29) is 6.03 Å². The van der Waals surface area contributed by atoms with Crippen LogP contribution < -0.4 is 10.2 Å². The normalized spacial score (nSPS) is 24.5. The highest BCUT2D eigenvalue weighted by molar-refractivity contribution is 5.92. The van der Waals surface area contributed by atoms with Crippen LogP contribution >= 0.6 is 0 Å². The van der Waals surface area contributed by atoms with Crippen LogP contribution in [0.4, 0.5) is 16.3 Å². The van der Waals surface area contributed by atoms with E-state index in [4.69, 9.17) is 0 Å². The highest BCUT2D eigenvalue weighted by atomic mass is 16.2. The number of nitrogens with one attached hydrogen (secondary N) is 1. The molecule has 2 heterocycles. The van der Waals surface area contributed by atoms with Crippen molar-refractivity contribution < 1.29 is 4.79 Å². The number of amides is 2. The lowest BCUT2D eigenvalue weighted by atomic mass is 9.87. The summed E-state index contributed by atoms with van der Waals surface area (Å²) in [6.45, 7) is 4.35. The van der Waals surface area contributed by atoms with E-state index in [1.165, 1.54) is 32.1 Å². The van der Waals surface area contributed by atoms with Crippen molar-refractivity contribution in [2.24, 2.45) is 5.92 Å². The third-order valence-electron chi connectivity index (χ3n) is 5.54. The Labute approximate surface area is 145 Å². The third kappa shape index (κ3) is 4.00. The van der Waals surface area contributed by atoms with E-state index in [0.717, 1.165) is 43.4 Å². The molecule has 0 aromatic carbocycles. The molecule has 3 rings (SSSR count). The van der Waals surface area contributed by atoms with Crippen molar-refractivity contribution in [3.8, 4) is 0 Å². The third-order valence-corrected chi connectivity index (χ3v) is 5.54. The Morgan fingerprint density at radius 1 is 1.21 bits per heavy atom. The highest BCUT2D eigenvalue weighted by Gasteiger charge is 2.25. The molecule has 24 heavy (non-hydrogen) atoms. The van der Waals surface area contributed by atoms with E-state index < -0.39 is 0 Å². The number of hydrogen-bond donors (Lipinski definition) is 1. The van der Waals surface area contributed by atoms with Gasteiger partial charge in [-0.1, -0.05) is 6.92 Å². The summed E-state index contributed by atoms with van der Waals surface area (Å²) in [5.74, 6) is 1.71. The molecule has 1 aliphatic carbocycles. The summed E-state index contributed by atoms with van der Waals surface area (Å²) < 4.78 is 0. The molecule has 2 fully saturated rings. The van der Waals surface area contributed by atoms with Crippen LogP contribution in [0, 0.1) is 5.92 Å². The summed E-state index contributed by atoms with van der Waals surface area (Å²) in [7, 11) is 1.92. The average molecular weight is 330 g/mol. The Bertz CT molecular complexity index is 548. The van der Waals surface area contributed by atoms with Gasteiger partial charge >= 0.3 is 6.03 Å². The Morgan fingerprint density at radius 2 is 1.92 bits per heavy atom. The van der Waals surface area contributed by atoms with E-state index in [0.29, 0.717) is 6.04 Å². The molecule has 5 heteroatoms. The van der Waals surface area contributed by atoms with Crippen LogP contribution in [-0.4, -0.2) is 42.1 Å². The zero-order valence-electron chi connectivity index (χ0n) is 15.0. The summed E-state index contributed by atoms with van der Waals surface area (Å²) in [5, 5.41) is 3.10. The Balaban J connectivity index is 1.65. The van der Waals surface area contributed by atoms with Crippen molar-refractivity contribution in [3.05, 3.63) is 18.3 Å². The van der Waals surface area contributed by atoms with Gasteiger partial charge in [0.05, 0.1) is 5.69 Å². The molecule has 5 nitrogen and oxygen atoms in total. The first-order valence-corrected chi connectivity index (χ1v) is 9.39. The molecular weight excluding hydrogens is 300 g/mol. The number of aromatic nitrogens is 1. The minimum atomic E-state index is -0.0131. The largest absolute Gasteiger partial charge is 0.355 e. The van der Waals surface area contributed by atoms with E-state index in [2.05, 4.69) is 22.1 Å². The van der Waals surface area contributed by atoms with Crippen LogP contribution in [0.2, 0.25) is 0 Å². The molecule has 0 atom stereocenters. The topological polar surface area (TPSA) is 48.5 Å².